The Morgan fingerprint density at radius 3 is 2.95 bits per heavy atom. The molecule has 7 nitrogen and oxygen atoms in total. The van der Waals surface area contributed by atoms with Gasteiger partial charge in [-0.2, -0.15) is 0 Å². The molecule has 96 valence electrons. The third-order valence-corrected chi connectivity index (χ3v) is 2.74. The van der Waals surface area contributed by atoms with Gasteiger partial charge in [0.15, 0.2) is 11.6 Å². The summed E-state index contributed by atoms with van der Waals surface area (Å²) >= 11 is 0. The Morgan fingerprint density at radius 2 is 2.26 bits per heavy atom. The van der Waals surface area contributed by atoms with Crippen molar-refractivity contribution in [3.05, 3.63) is 30.2 Å². The molecule has 0 saturated carbocycles. The molecular formula is C12H11N5O2. The first-order valence-corrected chi connectivity index (χ1v) is 5.61. The molecule has 0 fully saturated rings. The number of para-hydroxylation sites is 1. The number of imidazole rings is 2. The molecule has 0 atom stereocenters. The number of aromatic nitrogens is 4. The predicted octanol–water partition coefficient (Wildman–Crippen LogP) is 1.72. The number of aromatic amines is 2. The molecule has 0 spiro atoms. The molecule has 0 radical (unpaired) electrons. The number of benzene rings is 1. The second-order valence-electron chi connectivity index (χ2n) is 4.03. The molecule has 0 aliphatic heterocycles. The van der Waals surface area contributed by atoms with Crippen LogP contribution in [0, 0.1) is 6.92 Å². The largest absolute Gasteiger partial charge is 0.410 e. The predicted molar refractivity (Wildman–Crippen MR) is 68.6 cm³/mol. The fourth-order valence-corrected chi connectivity index (χ4v) is 1.91. The minimum absolute atomic E-state index is 0.320. The standard InChI is InChI=1S/C12H11N5O2/c1-6-9(15-5-14-6)11-16-7-3-2-4-8(10(7)17-11)19-12(13)18/h2-5H,1H3,(H2,13,18)(H,14,15)(H,16,17). The molecule has 0 aliphatic rings. The van der Waals surface area contributed by atoms with Crippen molar-refractivity contribution < 1.29 is 9.53 Å². The van der Waals surface area contributed by atoms with Crippen LogP contribution in [0.4, 0.5) is 4.79 Å². The average Bonchev–Trinajstić information content (AvgIpc) is 2.94. The van der Waals surface area contributed by atoms with Gasteiger partial charge in [0.05, 0.1) is 11.8 Å². The highest BCUT2D eigenvalue weighted by atomic mass is 16.5. The molecule has 19 heavy (non-hydrogen) atoms. The van der Waals surface area contributed by atoms with Crippen molar-refractivity contribution in [2.24, 2.45) is 5.73 Å². The van der Waals surface area contributed by atoms with Crippen LogP contribution in [0.2, 0.25) is 0 Å². The van der Waals surface area contributed by atoms with Crippen LogP contribution in [0.1, 0.15) is 5.69 Å². The van der Waals surface area contributed by atoms with Crippen LogP contribution in [0.5, 0.6) is 5.75 Å². The van der Waals surface area contributed by atoms with Crippen molar-refractivity contribution >= 4 is 17.1 Å². The molecule has 0 unspecified atom stereocenters. The molecule has 1 aromatic carbocycles. The summed E-state index contributed by atoms with van der Waals surface area (Å²) in [6.07, 6.45) is 0.728. The van der Waals surface area contributed by atoms with E-state index in [1.165, 1.54) is 0 Å². The van der Waals surface area contributed by atoms with Crippen molar-refractivity contribution in [3.63, 3.8) is 0 Å². The number of fused-ring (bicyclic) bond motifs is 1. The molecule has 2 heterocycles. The lowest BCUT2D eigenvalue weighted by Gasteiger charge is -1.99. The number of primary amides is 1. The van der Waals surface area contributed by atoms with Crippen molar-refractivity contribution in [2.45, 2.75) is 6.92 Å². The summed E-state index contributed by atoms with van der Waals surface area (Å²) in [6.45, 7) is 1.90. The summed E-state index contributed by atoms with van der Waals surface area (Å²) in [7, 11) is 0. The number of carbonyl (C=O) groups is 1. The van der Waals surface area contributed by atoms with E-state index in [-0.39, 0.29) is 0 Å². The first-order valence-electron chi connectivity index (χ1n) is 5.61. The van der Waals surface area contributed by atoms with E-state index < -0.39 is 6.09 Å². The summed E-state index contributed by atoms with van der Waals surface area (Å²) in [4.78, 5) is 25.5. The number of nitrogens with two attached hydrogens (primary N) is 1. The molecule has 4 N–H and O–H groups in total. The quantitative estimate of drug-likeness (QED) is 0.649. The molecule has 0 saturated heterocycles. The number of hydrogen-bond acceptors (Lipinski definition) is 4. The van der Waals surface area contributed by atoms with Gasteiger partial charge in [-0.05, 0) is 19.1 Å². The van der Waals surface area contributed by atoms with Gasteiger partial charge in [0, 0.05) is 5.69 Å². The van der Waals surface area contributed by atoms with Gasteiger partial charge < -0.3 is 20.4 Å². The minimum Gasteiger partial charge on any atom is -0.408 e. The molecule has 3 aromatic rings. The van der Waals surface area contributed by atoms with Gasteiger partial charge in [-0.25, -0.2) is 14.8 Å². The van der Waals surface area contributed by atoms with Gasteiger partial charge >= 0.3 is 6.09 Å². The second-order valence-corrected chi connectivity index (χ2v) is 4.03. The van der Waals surface area contributed by atoms with Gasteiger partial charge in [0.2, 0.25) is 0 Å². The Labute approximate surface area is 107 Å². The zero-order valence-electron chi connectivity index (χ0n) is 10.1. The van der Waals surface area contributed by atoms with Crippen LogP contribution in [-0.2, 0) is 0 Å². The number of nitrogens with one attached hydrogen (secondary N) is 2. The van der Waals surface area contributed by atoms with Crippen LogP contribution in [0.25, 0.3) is 22.6 Å². The second kappa shape index (κ2) is 4.13. The Bertz CT molecular complexity index is 758. The fourth-order valence-electron chi connectivity index (χ4n) is 1.91. The smallest absolute Gasteiger partial charge is 0.408 e. The molecule has 0 bridgehead atoms. The summed E-state index contributed by atoms with van der Waals surface area (Å²) in [6, 6.07) is 5.22. The highest BCUT2D eigenvalue weighted by molar-refractivity contribution is 5.86. The van der Waals surface area contributed by atoms with Crippen molar-refractivity contribution in [1.82, 2.24) is 19.9 Å². The summed E-state index contributed by atoms with van der Waals surface area (Å²) < 4.78 is 4.92. The maximum Gasteiger partial charge on any atom is 0.410 e. The molecular weight excluding hydrogens is 246 g/mol. The lowest BCUT2D eigenvalue weighted by Crippen LogP contribution is -2.16. The van der Waals surface area contributed by atoms with Crippen molar-refractivity contribution in [3.8, 4) is 17.3 Å². The van der Waals surface area contributed by atoms with Crippen LogP contribution >= 0.6 is 0 Å². The Morgan fingerprint density at radius 1 is 1.42 bits per heavy atom. The maximum atomic E-state index is 10.8. The van der Waals surface area contributed by atoms with E-state index in [1.807, 2.05) is 13.0 Å². The maximum absolute atomic E-state index is 10.8. The molecule has 2 aromatic heterocycles. The van der Waals surface area contributed by atoms with E-state index in [9.17, 15) is 4.79 Å². The third kappa shape index (κ3) is 1.90. The zero-order chi connectivity index (χ0) is 13.4. The van der Waals surface area contributed by atoms with E-state index >= 15 is 0 Å². The highest BCUT2D eigenvalue weighted by Gasteiger charge is 2.13. The number of rotatable bonds is 2. The lowest BCUT2D eigenvalue weighted by molar-refractivity contribution is 0.211. The van der Waals surface area contributed by atoms with E-state index in [1.54, 1.807) is 18.5 Å². The number of carbonyl (C=O) groups excluding carboxylic acids is 1. The average molecular weight is 257 g/mol. The monoisotopic (exact) mass is 257 g/mol. The van der Waals surface area contributed by atoms with E-state index in [0.717, 1.165) is 16.9 Å². The third-order valence-electron chi connectivity index (χ3n) is 2.74. The first kappa shape index (κ1) is 11.3. The van der Waals surface area contributed by atoms with Gasteiger partial charge in [-0.3, -0.25) is 0 Å². The SMILES string of the molecule is Cc1[nH]cnc1-c1nc2c(OC(N)=O)cccc2[nH]1. The lowest BCUT2D eigenvalue weighted by atomic mass is 10.3. The molecule has 0 aliphatic carbocycles. The number of H-pyrrole nitrogens is 2. The van der Waals surface area contributed by atoms with Crippen molar-refractivity contribution in [1.29, 1.82) is 0 Å². The molecule has 7 heteroatoms. The molecule has 3 rings (SSSR count). The Kier molecular flexibility index (Phi) is 2.45. The Balaban J connectivity index is 2.15. The summed E-state index contributed by atoms with van der Waals surface area (Å²) in [5, 5.41) is 0. The number of ether oxygens (including phenoxy) is 1. The van der Waals surface area contributed by atoms with Crippen molar-refractivity contribution in [2.75, 3.05) is 0 Å². The number of hydrogen-bond donors (Lipinski definition) is 3. The van der Waals surface area contributed by atoms with Crippen LogP contribution < -0.4 is 10.5 Å². The normalized spacial score (nSPS) is 10.8. The topological polar surface area (TPSA) is 110 Å². The minimum atomic E-state index is -0.868. The molecule has 1 amide bonds. The van der Waals surface area contributed by atoms with Gasteiger partial charge in [-0.15, -0.1) is 0 Å². The zero-order valence-corrected chi connectivity index (χ0v) is 10.1. The number of aryl methyl sites for hydroxylation is 1. The van der Waals surface area contributed by atoms with E-state index in [2.05, 4.69) is 19.9 Å². The van der Waals surface area contributed by atoms with E-state index in [0.29, 0.717) is 17.1 Å². The van der Waals surface area contributed by atoms with Gasteiger partial charge in [0.25, 0.3) is 0 Å². The summed E-state index contributed by atoms with van der Waals surface area (Å²) in [5.74, 6) is 0.926. The van der Waals surface area contributed by atoms with Gasteiger partial charge in [-0.1, -0.05) is 6.07 Å². The van der Waals surface area contributed by atoms with E-state index in [4.69, 9.17) is 10.5 Å². The van der Waals surface area contributed by atoms with Gasteiger partial charge in [0.1, 0.15) is 11.2 Å². The van der Waals surface area contributed by atoms with Crippen LogP contribution in [0.3, 0.4) is 0 Å². The van der Waals surface area contributed by atoms with Crippen LogP contribution in [-0.4, -0.2) is 26.0 Å². The number of nitrogens with zero attached hydrogens (tertiary/aromatic N) is 2. The Hall–Kier alpha value is -2.83. The number of amides is 1. The first-order chi connectivity index (χ1) is 9.15. The summed E-state index contributed by atoms with van der Waals surface area (Å²) in [5.41, 5.74) is 7.93. The fraction of sp³-hybridized carbons (Fsp3) is 0.0833. The van der Waals surface area contributed by atoms with Crippen LogP contribution in [0.15, 0.2) is 24.5 Å². The highest BCUT2D eigenvalue weighted by Crippen LogP contribution is 2.27.